The van der Waals surface area contributed by atoms with Crippen LogP contribution in [0.4, 0.5) is 0 Å². The molecule has 0 saturated heterocycles. The van der Waals surface area contributed by atoms with Gasteiger partial charge in [0, 0.05) is 42.1 Å². The van der Waals surface area contributed by atoms with Gasteiger partial charge >= 0.3 is 0 Å². The molecule has 3 heterocycles. The van der Waals surface area contributed by atoms with Crippen LogP contribution in [0.2, 0.25) is 0 Å². The maximum atomic E-state index is 4.95. The number of para-hydroxylation sites is 2. The fourth-order valence-corrected chi connectivity index (χ4v) is 7.35. The lowest BCUT2D eigenvalue weighted by Crippen LogP contribution is -2.06. The van der Waals surface area contributed by atoms with Crippen LogP contribution >= 0.6 is 11.3 Å². The number of rotatable bonds is 3. The maximum Gasteiger partial charge on any atom is 0.238 e. The Hall–Kier alpha value is -5.91. The number of allylic oxidation sites excluding steroid dienone is 2. The molecule has 0 unspecified atom stereocenters. The van der Waals surface area contributed by atoms with Crippen LogP contribution in [0.5, 0.6) is 0 Å². The molecule has 0 N–H and O–H groups in total. The molecule has 0 fully saturated rings. The highest BCUT2D eigenvalue weighted by molar-refractivity contribution is 7.26. The Bertz CT molecular complexity index is 2520. The monoisotopic (exact) mass is 696 g/mol. The van der Waals surface area contributed by atoms with Crippen molar-refractivity contribution in [2.75, 3.05) is 0 Å². The van der Waals surface area contributed by atoms with Crippen LogP contribution in [-0.4, -0.2) is 19.5 Å². The summed E-state index contributed by atoms with van der Waals surface area (Å²) in [6.45, 7) is 12.3. The smallest absolute Gasteiger partial charge is 0.238 e. The molecule has 0 radical (unpaired) electrons. The van der Waals surface area contributed by atoms with Crippen LogP contribution in [0, 0.1) is 13.8 Å². The first kappa shape index (κ1) is 35.9. The Kier molecular flexibility index (Phi) is 11.6. The predicted octanol–water partition coefficient (Wildman–Crippen LogP) is 13.6. The molecule has 0 spiro atoms. The van der Waals surface area contributed by atoms with Gasteiger partial charge in [-0.15, -0.1) is 11.3 Å². The zero-order valence-corrected chi connectivity index (χ0v) is 31.5. The van der Waals surface area contributed by atoms with Gasteiger partial charge in [0.1, 0.15) is 0 Å². The molecule has 52 heavy (non-hydrogen) atoms. The summed E-state index contributed by atoms with van der Waals surface area (Å²) in [5.74, 6) is 1.95. The van der Waals surface area contributed by atoms with Crippen LogP contribution in [0.15, 0.2) is 158 Å². The summed E-state index contributed by atoms with van der Waals surface area (Å²) >= 11 is 1.89. The van der Waals surface area contributed by atoms with Crippen molar-refractivity contribution >= 4 is 53.3 Å². The first-order valence-electron chi connectivity index (χ1n) is 17.9. The van der Waals surface area contributed by atoms with Crippen molar-refractivity contribution in [3.05, 3.63) is 169 Å². The van der Waals surface area contributed by atoms with Gasteiger partial charge in [0.2, 0.25) is 5.95 Å². The van der Waals surface area contributed by atoms with E-state index in [4.69, 9.17) is 15.0 Å². The van der Waals surface area contributed by atoms with E-state index >= 15 is 0 Å². The largest absolute Gasteiger partial charge is 0.278 e. The fourth-order valence-electron chi connectivity index (χ4n) is 6.18. The molecule has 0 aliphatic heterocycles. The second-order valence-electron chi connectivity index (χ2n) is 12.1. The van der Waals surface area contributed by atoms with Gasteiger partial charge in [-0.05, 0) is 51.0 Å². The molecule has 6 aromatic carbocycles. The van der Waals surface area contributed by atoms with Gasteiger partial charge in [-0.3, -0.25) is 4.57 Å². The highest BCUT2D eigenvalue weighted by atomic mass is 32.1. The fraction of sp³-hybridized carbons (Fsp3) is 0.128. The molecule has 9 rings (SSSR count). The Balaban J connectivity index is 0.000000192. The summed E-state index contributed by atoms with van der Waals surface area (Å²) in [4.78, 5) is 14.7. The molecule has 3 aromatic heterocycles. The molecule has 0 saturated carbocycles. The van der Waals surface area contributed by atoms with Crippen LogP contribution in [0.3, 0.4) is 0 Å². The lowest BCUT2D eigenvalue weighted by atomic mass is 10.1. The third kappa shape index (κ3) is 7.41. The summed E-state index contributed by atoms with van der Waals surface area (Å²) < 4.78 is 4.98. The predicted molar refractivity (Wildman–Crippen MR) is 226 cm³/mol. The van der Waals surface area contributed by atoms with E-state index in [0.717, 1.165) is 22.2 Å². The van der Waals surface area contributed by atoms with Crippen molar-refractivity contribution in [2.24, 2.45) is 0 Å². The maximum absolute atomic E-state index is 4.95. The van der Waals surface area contributed by atoms with Crippen LogP contribution in [0.25, 0.3) is 70.7 Å². The normalized spacial score (nSPS) is 10.8. The van der Waals surface area contributed by atoms with Gasteiger partial charge < -0.3 is 0 Å². The summed E-state index contributed by atoms with van der Waals surface area (Å²) in [5.41, 5.74) is 6.70. The number of thiophene rings is 1. The quantitative estimate of drug-likeness (QED) is 0.173. The molecule has 9 aromatic rings. The van der Waals surface area contributed by atoms with E-state index in [1.807, 2.05) is 112 Å². The van der Waals surface area contributed by atoms with Gasteiger partial charge in [-0.1, -0.05) is 159 Å². The third-order valence-corrected chi connectivity index (χ3v) is 10.0. The van der Waals surface area contributed by atoms with Crippen molar-refractivity contribution in [1.82, 2.24) is 19.5 Å². The van der Waals surface area contributed by atoms with Gasteiger partial charge in [-0.2, -0.15) is 9.97 Å². The lowest BCUT2D eigenvalue weighted by Gasteiger charge is -2.11. The minimum absolute atomic E-state index is 0.623. The van der Waals surface area contributed by atoms with Gasteiger partial charge in [0.25, 0.3) is 0 Å². The van der Waals surface area contributed by atoms with E-state index in [-0.39, 0.29) is 0 Å². The minimum atomic E-state index is 0.623. The van der Waals surface area contributed by atoms with Gasteiger partial charge in [0.15, 0.2) is 11.6 Å². The second-order valence-corrected chi connectivity index (χ2v) is 13.1. The molecule has 0 aliphatic rings. The molecule has 0 amide bonds. The Labute approximate surface area is 310 Å². The molecular formula is C47H44N4S. The number of nitrogens with zero attached hydrogens (tertiary/aromatic N) is 4. The van der Waals surface area contributed by atoms with Crippen molar-refractivity contribution in [2.45, 2.75) is 41.5 Å². The van der Waals surface area contributed by atoms with Crippen molar-refractivity contribution in [3.63, 3.8) is 0 Å². The van der Waals surface area contributed by atoms with E-state index in [1.165, 1.54) is 42.1 Å². The lowest BCUT2D eigenvalue weighted by molar-refractivity contribution is 0.951. The van der Waals surface area contributed by atoms with Crippen molar-refractivity contribution in [1.29, 1.82) is 0 Å². The van der Waals surface area contributed by atoms with Gasteiger partial charge in [0.05, 0.1) is 11.0 Å². The number of fused-ring (bicyclic) bond motifs is 6. The summed E-state index contributed by atoms with van der Waals surface area (Å²) in [7, 11) is 0. The second kappa shape index (κ2) is 16.9. The zero-order valence-electron chi connectivity index (χ0n) is 30.7. The number of aryl methyl sites for hydroxylation is 2. The van der Waals surface area contributed by atoms with E-state index < -0.39 is 0 Å². The Morgan fingerprint density at radius 1 is 0.481 bits per heavy atom. The average molecular weight is 697 g/mol. The number of benzene rings is 6. The molecule has 0 atom stereocenters. The standard InChI is InChI=1S/C28H20N4.C13H10S.C4H8.C2H6/c1-19-11-10-17-23-22-16-8-9-18-24(22)32(25(19)23)28-30-26(20-12-4-2-5-13-20)29-27(31-28)21-14-6-3-7-15-21;1-9-5-4-7-11-10-6-2-3-8-12(10)14-13(9)11;1-3-4-2;1-2/h2-18H,1H3;2-8H,1H3;3-4H,1-2H3;1-2H3/b;;4-3-;. The SMILES string of the molecule is C/C=C\C.CC.Cc1cccc2c1sc1ccccc12.Cc1cccc2c3ccccc3n(-c3nc(-c4ccccc4)nc(-c4ccccc4)n3)c12. The summed E-state index contributed by atoms with van der Waals surface area (Å²) in [5, 5.41) is 5.17. The van der Waals surface area contributed by atoms with E-state index in [0.29, 0.717) is 17.6 Å². The van der Waals surface area contributed by atoms with Crippen LogP contribution in [-0.2, 0) is 0 Å². The Morgan fingerprint density at radius 3 is 1.60 bits per heavy atom. The molecule has 4 nitrogen and oxygen atoms in total. The highest BCUT2D eigenvalue weighted by Crippen LogP contribution is 2.36. The number of aromatic nitrogens is 4. The first-order chi connectivity index (χ1) is 25.6. The first-order valence-corrected chi connectivity index (χ1v) is 18.7. The topological polar surface area (TPSA) is 43.6 Å². The molecule has 0 bridgehead atoms. The van der Waals surface area contributed by atoms with Crippen molar-refractivity contribution < 1.29 is 0 Å². The number of hydrogen-bond donors (Lipinski definition) is 0. The Morgan fingerprint density at radius 2 is 0.981 bits per heavy atom. The van der Waals surface area contributed by atoms with Gasteiger partial charge in [-0.25, -0.2) is 4.98 Å². The molecule has 258 valence electrons. The van der Waals surface area contributed by atoms with Crippen LogP contribution < -0.4 is 0 Å². The van der Waals surface area contributed by atoms with Crippen LogP contribution in [0.1, 0.15) is 38.8 Å². The average Bonchev–Trinajstić information content (AvgIpc) is 3.77. The zero-order chi connectivity index (χ0) is 36.5. The summed E-state index contributed by atoms with van der Waals surface area (Å²) in [6, 6.07) is 50.1. The van der Waals surface area contributed by atoms with E-state index in [9.17, 15) is 0 Å². The molecule has 0 aliphatic carbocycles. The van der Waals surface area contributed by atoms with E-state index in [2.05, 4.69) is 103 Å². The highest BCUT2D eigenvalue weighted by Gasteiger charge is 2.18. The molecular weight excluding hydrogens is 653 g/mol. The van der Waals surface area contributed by atoms with E-state index in [1.54, 1.807) is 0 Å². The number of hydrogen-bond acceptors (Lipinski definition) is 4. The third-order valence-electron chi connectivity index (χ3n) is 8.72. The van der Waals surface area contributed by atoms with Crippen molar-refractivity contribution in [3.8, 4) is 28.7 Å². The minimum Gasteiger partial charge on any atom is -0.278 e. The molecule has 5 heteroatoms. The summed E-state index contributed by atoms with van der Waals surface area (Å²) in [6.07, 6.45) is 4.00.